The lowest BCUT2D eigenvalue weighted by Gasteiger charge is -2.29. The van der Waals surface area contributed by atoms with Crippen LogP contribution in [0.1, 0.15) is 59.8 Å². The van der Waals surface area contributed by atoms with Crippen LogP contribution in [0.25, 0.3) is 0 Å². The van der Waals surface area contributed by atoms with E-state index in [9.17, 15) is 29.1 Å². The molecule has 11 heteroatoms. The van der Waals surface area contributed by atoms with Gasteiger partial charge in [0.15, 0.2) is 23.6 Å². The number of nitrogens with two attached hydrogens (primary N) is 2. The van der Waals surface area contributed by atoms with Crippen molar-refractivity contribution in [3.8, 4) is 5.75 Å². The lowest BCUT2D eigenvalue weighted by molar-refractivity contribution is -0.149. The number of carbonyl (C=O) groups is 5. The van der Waals surface area contributed by atoms with E-state index in [-0.39, 0.29) is 44.2 Å². The number of benzene rings is 1. The van der Waals surface area contributed by atoms with Gasteiger partial charge in [-0.15, -0.1) is 0 Å². The van der Waals surface area contributed by atoms with Crippen LogP contribution in [0.3, 0.4) is 0 Å². The maximum Gasteiger partial charge on any atom is 0.258 e. The van der Waals surface area contributed by atoms with Crippen molar-refractivity contribution in [2.75, 3.05) is 13.2 Å². The van der Waals surface area contributed by atoms with Crippen LogP contribution >= 0.6 is 0 Å². The molecule has 1 aromatic rings. The third kappa shape index (κ3) is 8.42. The normalized spacial score (nSPS) is 21.3. The van der Waals surface area contributed by atoms with E-state index in [0.29, 0.717) is 12.2 Å². The largest absolute Gasteiger partial charge is 0.484 e. The number of aliphatic hydroxyl groups is 1. The first-order valence-corrected chi connectivity index (χ1v) is 13.9. The van der Waals surface area contributed by atoms with Crippen LogP contribution in [0, 0.1) is 23.2 Å². The maximum absolute atomic E-state index is 13.5. The molecule has 0 aliphatic heterocycles. The molecular formula is C29H44N4O7. The van der Waals surface area contributed by atoms with Crippen LogP contribution in [0.5, 0.6) is 5.75 Å². The van der Waals surface area contributed by atoms with Gasteiger partial charge < -0.3 is 26.6 Å². The van der Waals surface area contributed by atoms with Crippen molar-refractivity contribution in [1.82, 2.24) is 10.6 Å². The number of aliphatic hydroxyl groups excluding tert-OH is 1. The number of hydrogen-bond donors (Lipinski definition) is 5. The molecular weight excluding hydrogens is 516 g/mol. The van der Waals surface area contributed by atoms with Crippen LogP contribution in [0.4, 0.5) is 0 Å². The van der Waals surface area contributed by atoms with E-state index in [4.69, 9.17) is 16.2 Å². The summed E-state index contributed by atoms with van der Waals surface area (Å²) < 4.78 is 5.40. The number of imide groups is 1. The zero-order valence-electron chi connectivity index (χ0n) is 23.9. The molecule has 3 amide bonds. The Balaban J connectivity index is 2.16. The summed E-state index contributed by atoms with van der Waals surface area (Å²) in [5, 5.41) is 15.4. The van der Waals surface area contributed by atoms with Crippen molar-refractivity contribution < 1.29 is 33.8 Å². The van der Waals surface area contributed by atoms with Crippen molar-refractivity contribution in [1.29, 1.82) is 0 Å². The second-order valence-electron chi connectivity index (χ2n) is 11.3. The van der Waals surface area contributed by atoms with Crippen LogP contribution in [0.2, 0.25) is 0 Å². The summed E-state index contributed by atoms with van der Waals surface area (Å²) in [5.74, 6) is -4.20. The Morgan fingerprint density at radius 3 is 2.33 bits per heavy atom. The van der Waals surface area contributed by atoms with Crippen LogP contribution < -0.4 is 26.8 Å². The molecule has 1 saturated carbocycles. The van der Waals surface area contributed by atoms with E-state index >= 15 is 0 Å². The fourth-order valence-electron chi connectivity index (χ4n) is 5.02. The molecule has 2 rings (SSSR count). The van der Waals surface area contributed by atoms with Gasteiger partial charge in [-0.05, 0) is 56.2 Å². The van der Waals surface area contributed by atoms with Gasteiger partial charge in [-0.3, -0.25) is 29.3 Å². The number of Topliss-reactive ketones (excluding diaryl/α,β-unsaturated/α-hetero) is 2. The predicted octanol–water partition coefficient (Wildman–Crippen LogP) is 0.857. The predicted molar refractivity (Wildman–Crippen MR) is 149 cm³/mol. The van der Waals surface area contributed by atoms with E-state index < -0.39 is 65.2 Å². The molecule has 1 aliphatic rings. The summed E-state index contributed by atoms with van der Waals surface area (Å²) in [6, 6.07) is 6.81. The van der Waals surface area contributed by atoms with Gasteiger partial charge >= 0.3 is 0 Å². The quantitative estimate of drug-likeness (QED) is 0.194. The van der Waals surface area contributed by atoms with Gasteiger partial charge in [0, 0.05) is 18.4 Å². The average molecular weight is 561 g/mol. The van der Waals surface area contributed by atoms with Gasteiger partial charge in [0.05, 0.1) is 12.1 Å². The molecule has 222 valence electrons. The number of amides is 3. The van der Waals surface area contributed by atoms with Gasteiger partial charge in [-0.1, -0.05) is 45.9 Å². The van der Waals surface area contributed by atoms with Gasteiger partial charge in [0.2, 0.25) is 11.8 Å². The van der Waals surface area contributed by atoms with Gasteiger partial charge in [0.1, 0.15) is 5.75 Å². The number of carbonyl (C=O) groups excluding carboxylic acids is 5. The van der Waals surface area contributed by atoms with Crippen LogP contribution in [-0.2, 0) is 24.0 Å². The lowest BCUT2D eigenvalue weighted by Crippen LogP contribution is -2.54. The highest BCUT2D eigenvalue weighted by Crippen LogP contribution is 2.37. The highest BCUT2D eigenvalue weighted by molar-refractivity contribution is 6.31. The van der Waals surface area contributed by atoms with Gasteiger partial charge in [0.25, 0.3) is 5.91 Å². The highest BCUT2D eigenvalue weighted by Gasteiger charge is 2.60. The number of para-hydroxylation sites is 1. The zero-order valence-corrected chi connectivity index (χ0v) is 23.9. The monoisotopic (exact) mass is 560 g/mol. The summed E-state index contributed by atoms with van der Waals surface area (Å²) in [6.07, 6.45) is -0.814. The Kier molecular flexibility index (Phi) is 12.4. The zero-order chi connectivity index (χ0) is 30.0. The molecule has 11 nitrogen and oxygen atoms in total. The van der Waals surface area contributed by atoms with Crippen molar-refractivity contribution in [3.05, 3.63) is 30.3 Å². The minimum atomic E-state index is -2.15. The summed E-state index contributed by atoms with van der Waals surface area (Å²) in [7, 11) is 0. The molecule has 1 fully saturated rings. The molecule has 0 bridgehead atoms. The Labute approximate surface area is 235 Å². The Morgan fingerprint density at radius 1 is 1.10 bits per heavy atom. The summed E-state index contributed by atoms with van der Waals surface area (Å²) in [5.41, 5.74) is 9.57. The van der Waals surface area contributed by atoms with E-state index in [1.54, 1.807) is 44.2 Å². The standard InChI is InChI=1S/C29H44N4O7/c1-17(2)13-21(31)23(34)14-20(18(3)4)27(38)33-28(39)29(11-8-12-30)24(35)15-22(26(29)37)32-25(36)16-40-19-9-6-5-7-10-19/h5-7,9-10,17-18,20-23,34H,8,11-16,30-31H2,1-4H3,(H,32,36)(H,33,38,39)/t20?,21-,22-,23-,29-/m0/s1. The first-order valence-electron chi connectivity index (χ1n) is 13.9. The molecule has 0 saturated heterocycles. The van der Waals surface area contributed by atoms with Crippen molar-refractivity contribution >= 4 is 29.3 Å². The van der Waals surface area contributed by atoms with Crippen molar-refractivity contribution in [2.45, 2.75) is 78.0 Å². The molecule has 1 aromatic carbocycles. The van der Waals surface area contributed by atoms with Crippen LogP contribution in [0.15, 0.2) is 30.3 Å². The fraction of sp³-hybridized carbons (Fsp3) is 0.621. The molecule has 7 N–H and O–H groups in total. The van der Waals surface area contributed by atoms with E-state index in [2.05, 4.69) is 10.6 Å². The third-order valence-electron chi connectivity index (χ3n) is 7.31. The molecule has 0 radical (unpaired) electrons. The molecule has 0 heterocycles. The lowest BCUT2D eigenvalue weighted by atomic mass is 9.78. The number of ether oxygens (including phenoxy) is 1. The van der Waals surface area contributed by atoms with Gasteiger partial charge in [-0.25, -0.2) is 0 Å². The number of hydrogen-bond acceptors (Lipinski definition) is 9. The minimum absolute atomic E-state index is 0.0163. The Hall–Kier alpha value is -3.15. The maximum atomic E-state index is 13.5. The summed E-state index contributed by atoms with van der Waals surface area (Å²) in [6.45, 7) is 7.21. The molecule has 40 heavy (non-hydrogen) atoms. The topological polar surface area (TPSA) is 191 Å². The summed E-state index contributed by atoms with van der Waals surface area (Å²) >= 11 is 0. The summed E-state index contributed by atoms with van der Waals surface area (Å²) in [4.78, 5) is 65.9. The van der Waals surface area contributed by atoms with Crippen molar-refractivity contribution in [3.63, 3.8) is 0 Å². The smallest absolute Gasteiger partial charge is 0.258 e. The Morgan fingerprint density at radius 2 is 1.75 bits per heavy atom. The SMILES string of the molecule is CC(C)C[C@H](N)[C@@H](O)CC(C(=O)NC(=O)[C@@]1(CCCN)C(=O)C[C@H](NC(=O)COc2ccccc2)C1=O)C(C)C. The third-order valence-corrected chi connectivity index (χ3v) is 7.31. The number of nitrogens with one attached hydrogen (secondary N) is 2. The molecule has 0 aromatic heterocycles. The van der Waals surface area contributed by atoms with Gasteiger partial charge in [-0.2, -0.15) is 0 Å². The van der Waals surface area contributed by atoms with E-state index in [0.717, 1.165) is 0 Å². The molecule has 1 unspecified atom stereocenters. The first-order chi connectivity index (χ1) is 18.8. The molecule has 1 aliphatic carbocycles. The van der Waals surface area contributed by atoms with Crippen molar-refractivity contribution in [2.24, 2.45) is 34.6 Å². The first kappa shape index (κ1) is 33.1. The molecule has 0 spiro atoms. The fourth-order valence-corrected chi connectivity index (χ4v) is 5.02. The van der Waals surface area contributed by atoms with E-state index in [1.165, 1.54) is 0 Å². The second-order valence-corrected chi connectivity index (χ2v) is 11.3. The number of ketones is 2. The number of rotatable bonds is 15. The molecule has 5 atom stereocenters. The minimum Gasteiger partial charge on any atom is -0.484 e. The second kappa shape index (κ2) is 15.0. The Bertz CT molecular complexity index is 1050. The van der Waals surface area contributed by atoms with E-state index in [1.807, 2.05) is 13.8 Å². The van der Waals surface area contributed by atoms with Crippen LogP contribution in [-0.4, -0.2) is 65.7 Å². The average Bonchev–Trinajstić information content (AvgIpc) is 3.13. The highest BCUT2D eigenvalue weighted by atomic mass is 16.5.